The van der Waals surface area contributed by atoms with Crippen molar-refractivity contribution in [3.05, 3.63) is 59.9 Å². The highest BCUT2D eigenvalue weighted by Crippen LogP contribution is 2.25. The SMILES string of the molecule is COc1ccc(-c2nc(Cn3cccc3)cs2)cc1. The Morgan fingerprint density at radius 2 is 1.89 bits per heavy atom. The van der Waals surface area contributed by atoms with Gasteiger partial charge in [0.1, 0.15) is 10.8 Å². The molecule has 0 fully saturated rings. The van der Waals surface area contributed by atoms with Crippen LogP contribution in [-0.2, 0) is 6.54 Å². The molecule has 0 saturated carbocycles. The molecule has 0 spiro atoms. The molecule has 19 heavy (non-hydrogen) atoms. The van der Waals surface area contributed by atoms with Crippen LogP contribution in [0.1, 0.15) is 5.69 Å². The van der Waals surface area contributed by atoms with Gasteiger partial charge in [0.15, 0.2) is 0 Å². The molecule has 0 amide bonds. The summed E-state index contributed by atoms with van der Waals surface area (Å²) in [6, 6.07) is 12.0. The largest absolute Gasteiger partial charge is 0.497 e. The van der Waals surface area contributed by atoms with Gasteiger partial charge in [-0.3, -0.25) is 0 Å². The molecule has 3 rings (SSSR count). The predicted octanol–water partition coefficient (Wildman–Crippen LogP) is 3.67. The summed E-state index contributed by atoms with van der Waals surface area (Å²) in [5, 5.41) is 3.16. The highest BCUT2D eigenvalue weighted by atomic mass is 32.1. The van der Waals surface area contributed by atoms with Crippen molar-refractivity contribution >= 4 is 11.3 Å². The van der Waals surface area contributed by atoms with Crippen molar-refractivity contribution in [3.8, 4) is 16.3 Å². The van der Waals surface area contributed by atoms with Crippen molar-refractivity contribution in [1.29, 1.82) is 0 Å². The van der Waals surface area contributed by atoms with Gasteiger partial charge in [0.05, 0.1) is 19.3 Å². The Morgan fingerprint density at radius 3 is 2.58 bits per heavy atom. The second kappa shape index (κ2) is 5.28. The predicted molar refractivity (Wildman–Crippen MR) is 77.6 cm³/mol. The minimum atomic E-state index is 0.819. The minimum Gasteiger partial charge on any atom is -0.497 e. The monoisotopic (exact) mass is 270 g/mol. The van der Waals surface area contributed by atoms with Crippen molar-refractivity contribution in [2.45, 2.75) is 6.54 Å². The molecule has 0 bridgehead atoms. The number of benzene rings is 1. The van der Waals surface area contributed by atoms with Gasteiger partial charge in [-0.05, 0) is 36.4 Å². The molecule has 0 aliphatic carbocycles. The molecule has 1 aromatic carbocycles. The molecule has 0 atom stereocenters. The van der Waals surface area contributed by atoms with E-state index in [1.54, 1.807) is 18.4 Å². The zero-order valence-electron chi connectivity index (χ0n) is 10.6. The quantitative estimate of drug-likeness (QED) is 0.723. The Kier molecular flexibility index (Phi) is 3.33. The smallest absolute Gasteiger partial charge is 0.123 e. The van der Waals surface area contributed by atoms with Crippen molar-refractivity contribution in [2.24, 2.45) is 0 Å². The number of ether oxygens (including phenoxy) is 1. The molecule has 2 heterocycles. The number of thiazole rings is 1. The summed E-state index contributed by atoms with van der Waals surface area (Å²) in [4.78, 5) is 4.67. The first-order chi connectivity index (χ1) is 9.35. The summed E-state index contributed by atoms with van der Waals surface area (Å²) in [6.45, 7) is 0.819. The standard InChI is InChI=1S/C15H14N2OS/c1-18-14-6-4-12(5-7-14)15-16-13(11-19-15)10-17-8-2-3-9-17/h2-9,11H,10H2,1H3. The first-order valence-electron chi connectivity index (χ1n) is 6.05. The maximum Gasteiger partial charge on any atom is 0.123 e. The highest BCUT2D eigenvalue weighted by Gasteiger charge is 2.05. The van der Waals surface area contributed by atoms with Gasteiger partial charge in [-0.1, -0.05) is 0 Å². The summed E-state index contributed by atoms with van der Waals surface area (Å²) in [7, 11) is 1.67. The molecular formula is C15H14N2OS. The number of hydrogen-bond donors (Lipinski definition) is 0. The van der Waals surface area contributed by atoms with Gasteiger partial charge in [0.25, 0.3) is 0 Å². The number of methoxy groups -OCH3 is 1. The Hall–Kier alpha value is -2.07. The fourth-order valence-corrected chi connectivity index (χ4v) is 2.73. The van der Waals surface area contributed by atoms with Crippen LogP contribution in [0, 0.1) is 0 Å². The van der Waals surface area contributed by atoms with Gasteiger partial charge in [-0.25, -0.2) is 4.98 Å². The summed E-state index contributed by atoms with van der Waals surface area (Å²) in [5.41, 5.74) is 2.22. The van der Waals surface area contributed by atoms with E-state index in [0.29, 0.717) is 0 Å². The molecule has 3 nitrogen and oxygen atoms in total. The van der Waals surface area contributed by atoms with E-state index in [1.165, 1.54) is 0 Å². The number of rotatable bonds is 4. The summed E-state index contributed by atoms with van der Waals surface area (Å²) >= 11 is 1.67. The van der Waals surface area contributed by atoms with Crippen LogP contribution in [0.25, 0.3) is 10.6 Å². The number of nitrogens with zero attached hydrogens (tertiary/aromatic N) is 2. The molecule has 4 heteroatoms. The molecule has 0 unspecified atom stereocenters. The van der Waals surface area contributed by atoms with Gasteiger partial charge < -0.3 is 9.30 Å². The van der Waals surface area contributed by atoms with E-state index in [9.17, 15) is 0 Å². The van der Waals surface area contributed by atoms with Gasteiger partial charge in [-0.15, -0.1) is 11.3 Å². The second-order valence-corrected chi connectivity index (χ2v) is 5.09. The zero-order valence-corrected chi connectivity index (χ0v) is 11.4. The molecule has 0 N–H and O–H groups in total. The average Bonchev–Trinajstić information content (AvgIpc) is 3.11. The number of hydrogen-bond acceptors (Lipinski definition) is 3. The van der Waals surface area contributed by atoms with E-state index >= 15 is 0 Å². The first-order valence-corrected chi connectivity index (χ1v) is 6.93. The van der Waals surface area contributed by atoms with Crippen molar-refractivity contribution in [1.82, 2.24) is 9.55 Å². The third kappa shape index (κ3) is 2.69. The molecule has 0 aliphatic rings. The summed E-state index contributed by atoms with van der Waals surface area (Å²) < 4.78 is 7.28. The average molecular weight is 270 g/mol. The normalized spacial score (nSPS) is 10.6. The van der Waals surface area contributed by atoms with E-state index in [4.69, 9.17) is 4.74 Å². The lowest BCUT2D eigenvalue weighted by Gasteiger charge is -2.00. The van der Waals surface area contributed by atoms with E-state index in [-0.39, 0.29) is 0 Å². The maximum atomic E-state index is 5.16. The summed E-state index contributed by atoms with van der Waals surface area (Å²) in [6.07, 6.45) is 4.10. The van der Waals surface area contributed by atoms with Crippen molar-refractivity contribution in [2.75, 3.05) is 7.11 Å². The molecule has 96 valence electrons. The molecule has 2 aromatic heterocycles. The van der Waals surface area contributed by atoms with Crippen LogP contribution >= 0.6 is 11.3 Å². The Morgan fingerprint density at radius 1 is 1.16 bits per heavy atom. The lowest BCUT2D eigenvalue weighted by Crippen LogP contribution is -1.95. The Bertz CT molecular complexity index is 641. The van der Waals surface area contributed by atoms with E-state index < -0.39 is 0 Å². The van der Waals surface area contributed by atoms with E-state index in [2.05, 4.69) is 14.9 Å². The van der Waals surface area contributed by atoms with Crippen LogP contribution in [0.4, 0.5) is 0 Å². The fraction of sp³-hybridized carbons (Fsp3) is 0.133. The topological polar surface area (TPSA) is 27.1 Å². The highest BCUT2D eigenvalue weighted by molar-refractivity contribution is 7.13. The van der Waals surface area contributed by atoms with Gasteiger partial charge in [0, 0.05) is 23.3 Å². The molecular weight excluding hydrogens is 256 g/mol. The van der Waals surface area contributed by atoms with E-state index in [0.717, 1.165) is 28.6 Å². The molecule has 0 aliphatic heterocycles. The van der Waals surface area contributed by atoms with Crippen molar-refractivity contribution in [3.63, 3.8) is 0 Å². The van der Waals surface area contributed by atoms with Crippen LogP contribution in [0.15, 0.2) is 54.2 Å². The lowest BCUT2D eigenvalue weighted by molar-refractivity contribution is 0.415. The van der Waals surface area contributed by atoms with Gasteiger partial charge in [0.2, 0.25) is 0 Å². The van der Waals surface area contributed by atoms with Crippen LogP contribution in [0.2, 0.25) is 0 Å². The molecule has 0 radical (unpaired) electrons. The minimum absolute atomic E-state index is 0.819. The molecule has 0 saturated heterocycles. The third-order valence-corrected chi connectivity index (χ3v) is 3.84. The maximum absolute atomic E-state index is 5.16. The van der Waals surface area contributed by atoms with Gasteiger partial charge >= 0.3 is 0 Å². The zero-order chi connectivity index (χ0) is 13.1. The molecule has 3 aromatic rings. The van der Waals surface area contributed by atoms with Crippen LogP contribution in [0.3, 0.4) is 0 Å². The summed E-state index contributed by atoms with van der Waals surface area (Å²) in [5.74, 6) is 0.868. The second-order valence-electron chi connectivity index (χ2n) is 4.23. The van der Waals surface area contributed by atoms with Crippen molar-refractivity contribution < 1.29 is 4.74 Å². The Balaban J connectivity index is 1.80. The third-order valence-electron chi connectivity index (χ3n) is 2.90. The number of aromatic nitrogens is 2. The Labute approximate surface area is 116 Å². The van der Waals surface area contributed by atoms with Gasteiger partial charge in [-0.2, -0.15) is 0 Å². The first kappa shape index (κ1) is 12.0. The van der Waals surface area contributed by atoms with Crippen LogP contribution in [-0.4, -0.2) is 16.7 Å². The fourth-order valence-electron chi connectivity index (χ4n) is 1.91. The van der Waals surface area contributed by atoms with E-state index in [1.807, 2.05) is 48.8 Å². The van der Waals surface area contributed by atoms with Crippen LogP contribution in [0.5, 0.6) is 5.75 Å². The van der Waals surface area contributed by atoms with Crippen LogP contribution < -0.4 is 4.74 Å². The lowest BCUT2D eigenvalue weighted by atomic mass is 10.2.